The summed E-state index contributed by atoms with van der Waals surface area (Å²) in [4.78, 5) is 36.9. The van der Waals surface area contributed by atoms with E-state index in [1.807, 2.05) is 48.5 Å². The highest BCUT2D eigenvalue weighted by Crippen LogP contribution is 2.14. The van der Waals surface area contributed by atoms with Crippen LogP contribution >= 0.6 is 0 Å². The van der Waals surface area contributed by atoms with Gasteiger partial charge in [0.2, 0.25) is 5.91 Å². The largest absolute Gasteiger partial charge is 0.544 e. The molecule has 1 aromatic heterocycles. The molecule has 8 nitrogen and oxygen atoms in total. The number of aromatic nitrogens is 2. The predicted molar refractivity (Wildman–Crippen MR) is 115 cm³/mol. The molecule has 3 aromatic rings. The zero-order valence-electron chi connectivity index (χ0n) is 17.6. The minimum atomic E-state index is -1.31. The average molecular weight is 422 g/mol. The first-order chi connectivity index (χ1) is 14.9. The molecule has 0 spiro atoms. The molecule has 0 aliphatic rings. The molecule has 1 heterocycles. The lowest BCUT2D eigenvalue weighted by atomic mass is 10.1. The molecule has 3 N–H and O–H groups in total. The van der Waals surface area contributed by atoms with Crippen LogP contribution in [0.5, 0.6) is 0 Å². The Bertz CT molecular complexity index is 1100. The number of carboxylic acid groups (broad SMARTS) is 1. The van der Waals surface area contributed by atoms with Crippen LogP contribution in [0, 0.1) is 6.92 Å². The maximum absolute atomic E-state index is 12.9. The number of hydrogen-bond donors (Lipinski definition) is 2. The second kappa shape index (κ2) is 9.90. The van der Waals surface area contributed by atoms with Crippen LogP contribution in [-0.4, -0.2) is 33.8 Å². The molecular formula is C23H26N4O4. The lowest BCUT2D eigenvalue weighted by Crippen LogP contribution is -2.93. The normalized spacial score (nSPS) is 11.8. The fourth-order valence-corrected chi connectivity index (χ4v) is 3.46. The number of carboxylic acids is 1. The van der Waals surface area contributed by atoms with Crippen molar-refractivity contribution in [2.45, 2.75) is 25.8 Å². The fourth-order valence-electron chi connectivity index (χ4n) is 3.46. The van der Waals surface area contributed by atoms with Gasteiger partial charge < -0.3 is 20.5 Å². The number of rotatable bonds is 9. The molecule has 0 unspecified atom stereocenters. The third-order valence-corrected chi connectivity index (χ3v) is 5.25. The number of hydrogen-bond acceptors (Lipinski definition) is 4. The highest BCUT2D eigenvalue weighted by molar-refractivity contribution is 5.93. The van der Waals surface area contributed by atoms with Gasteiger partial charge in [-0.05, 0) is 24.6 Å². The lowest BCUT2D eigenvalue weighted by molar-refractivity contribution is -0.682. The summed E-state index contributed by atoms with van der Waals surface area (Å²) in [7, 11) is 1.72. The smallest absolute Gasteiger partial charge is 0.295 e. The molecule has 0 fully saturated rings. The van der Waals surface area contributed by atoms with Crippen molar-refractivity contribution in [3.63, 3.8) is 0 Å². The van der Waals surface area contributed by atoms with Crippen LogP contribution in [0.3, 0.4) is 0 Å². The summed E-state index contributed by atoms with van der Waals surface area (Å²) in [6, 6.07) is 17.7. The zero-order chi connectivity index (χ0) is 22.4. The maximum atomic E-state index is 12.9. The number of carbonyl (C=O) groups is 2. The maximum Gasteiger partial charge on any atom is 0.295 e. The van der Waals surface area contributed by atoms with Crippen molar-refractivity contribution in [1.82, 2.24) is 9.36 Å². The second-order valence-electron chi connectivity index (χ2n) is 7.37. The molecule has 2 aromatic carbocycles. The molecule has 1 amide bonds. The van der Waals surface area contributed by atoms with Crippen molar-refractivity contribution in [3.8, 4) is 5.69 Å². The number of amides is 1. The van der Waals surface area contributed by atoms with Crippen molar-refractivity contribution >= 4 is 17.6 Å². The quantitative estimate of drug-likeness (QED) is 0.495. The fraction of sp³-hybridized carbons (Fsp3) is 0.261. The van der Waals surface area contributed by atoms with Crippen LogP contribution in [0.2, 0.25) is 0 Å². The lowest BCUT2D eigenvalue weighted by Gasteiger charge is -2.16. The first-order valence-corrected chi connectivity index (χ1v) is 10.1. The third-order valence-electron chi connectivity index (χ3n) is 5.25. The molecular weight excluding hydrogens is 396 g/mol. The van der Waals surface area contributed by atoms with Gasteiger partial charge in [0.15, 0.2) is 0 Å². The van der Waals surface area contributed by atoms with Crippen LogP contribution in [0.15, 0.2) is 65.5 Å². The van der Waals surface area contributed by atoms with Gasteiger partial charge in [0.1, 0.15) is 11.7 Å². The number of anilines is 1. The average Bonchev–Trinajstić information content (AvgIpc) is 2.97. The first kappa shape index (κ1) is 22.0. The first-order valence-electron chi connectivity index (χ1n) is 10.1. The molecule has 162 valence electrons. The van der Waals surface area contributed by atoms with Gasteiger partial charge in [-0.15, -0.1) is 0 Å². The standard InChI is InChI=1S/C23H26N4O4/c1-16-21(22(29)27(26(16)2)18-11-7-4-8-12-18)25-20(28)15-19(23(30)31)24-14-13-17-9-5-3-6-10-17/h3-12,19,24H,13-15H2,1-2H3,(H,25,28)(H,30,31)/t19-/m1/s1. The Morgan fingerprint density at radius 3 is 2.29 bits per heavy atom. The van der Waals surface area contributed by atoms with Gasteiger partial charge >= 0.3 is 0 Å². The molecule has 31 heavy (non-hydrogen) atoms. The van der Waals surface area contributed by atoms with Gasteiger partial charge in [0.25, 0.3) is 5.56 Å². The number of aliphatic carboxylic acids is 1. The summed E-state index contributed by atoms with van der Waals surface area (Å²) >= 11 is 0. The van der Waals surface area contributed by atoms with Gasteiger partial charge in [-0.3, -0.25) is 14.3 Å². The van der Waals surface area contributed by atoms with Gasteiger partial charge in [-0.1, -0.05) is 48.5 Å². The van der Waals surface area contributed by atoms with E-state index in [9.17, 15) is 19.5 Å². The summed E-state index contributed by atoms with van der Waals surface area (Å²) in [5.74, 6) is -1.86. The van der Waals surface area contributed by atoms with Crippen LogP contribution in [0.25, 0.3) is 5.69 Å². The third kappa shape index (κ3) is 5.29. The Hall–Kier alpha value is -3.65. The van der Waals surface area contributed by atoms with E-state index in [0.29, 0.717) is 24.3 Å². The molecule has 3 rings (SSSR count). The molecule has 0 saturated carbocycles. The minimum Gasteiger partial charge on any atom is -0.544 e. The van der Waals surface area contributed by atoms with Crippen molar-refractivity contribution in [1.29, 1.82) is 0 Å². The Kier molecular flexibility index (Phi) is 7.04. The Morgan fingerprint density at radius 1 is 1.06 bits per heavy atom. The van der Waals surface area contributed by atoms with E-state index < -0.39 is 17.9 Å². The van der Waals surface area contributed by atoms with E-state index in [-0.39, 0.29) is 17.7 Å². The Labute approximate surface area is 180 Å². The number of nitrogens with zero attached hydrogens (tertiary/aromatic N) is 2. The number of carbonyl (C=O) groups excluding carboxylic acids is 2. The van der Waals surface area contributed by atoms with E-state index in [1.54, 1.807) is 36.1 Å². The van der Waals surface area contributed by atoms with Gasteiger partial charge in [-0.2, -0.15) is 0 Å². The van der Waals surface area contributed by atoms with Crippen LogP contribution < -0.4 is 21.3 Å². The summed E-state index contributed by atoms with van der Waals surface area (Å²) in [5.41, 5.74) is 2.08. The number of benzene rings is 2. The van der Waals surface area contributed by atoms with Crippen molar-refractivity contribution < 1.29 is 20.0 Å². The SMILES string of the molecule is Cc1c(NC(=O)C[C@@H]([NH2+]CCc2ccccc2)C(=O)[O-])c(=O)n(-c2ccccc2)n1C. The zero-order valence-corrected chi connectivity index (χ0v) is 17.6. The molecule has 8 heteroatoms. The van der Waals surface area contributed by atoms with Crippen LogP contribution in [-0.2, 0) is 23.1 Å². The predicted octanol–water partition coefficient (Wildman–Crippen LogP) is -0.262. The van der Waals surface area contributed by atoms with E-state index >= 15 is 0 Å². The van der Waals surface area contributed by atoms with Crippen molar-refractivity contribution in [2.24, 2.45) is 7.05 Å². The van der Waals surface area contributed by atoms with Crippen molar-refractivity contribution in [3.05, 3.63) is 82.3 Å². The molecule has 0 radical (unpaired) electrons. The molecule has 1 atom stereocenters. The highest BCUT2D eigenvalue weighted by Gasteiger charge is 2.22. The van der Waals surface area contributed by atoms with Crippen molar-refractivity contribution in [2.75, 3.05) is 11.9 Å². The van der Waals surface area contributed by atoms with E-state index in [1.165, 1.54) is 4.68 Å². The number of nitrogens with one attached hydrogen (secondary N) is 1. The monoisotopic (exact) mass is 422 g/mol. The van der Waals surface area contributed by atoms with Gasteiger partial charge in [0.05, 0.1) is 30.3 Å². The molecule has 0 aliphatic heterocycles. The summed E-state index contributed by atoms with van der Waals surface area (Å²) in [6.07, 6.45) is 0.377. The van der Waals surface area contributed by atoms with E-state index in [0.717, 1.165) is 5.56 Å². The topological polar surface area (TPSA) is 113 Å². The Balaban J connectivity index is 1.67. The van der Waals surface area contributed by atoms with E-state index in [2.05, 4.69) is 5.32 Å². The number of quaternary nitrogens is 1. The van der Waals surface area contributed by atoms with Crippen LogP contribution in [0.4, 0.5) is 5.69 Å². The highest BCUT2D eigenvalue weighted by atomic mass is 16.4. The minimum absolute atomic E-state index is 0.137. The van der Waals surface area contributed by atoms with Gasteiger partial charge in [-0.25, -0.2) is 4.68 Å². The summed E-state index contributed by atoms with van der Waals surface area (Å²) in [6.45, 7) is 2.22. The van der Waals surface area contributed by atoms with E-state index in [4.69, 9.17) is 0 Å². The summed E-state index contributed by atoms with van der Waals surface area (Å²) in [5, 5.41) is 15.7. The molecule has 0 aliphatic carbocycles. The number of para-hydroxylation sites is 1. The van der Waals surface area contributed by atoms with Crippen LogP contribution in [0.1, 0.15) is 17.7 Å². The summed E-state index contributed by atoms with van der Waals surface area (Å²) < 4.78 is 3.10. The Morgan fingerprint density at radius 2 is 1.68 bits per heavy atom. The molecule has 0 bridgehead atoms. The molecule has 0 saturated heterocycles. The number of nitrogens with two attached hydrogens (primary N) is 1. The van der Waals surface area contributed by atoms with Gasteiger partial charge in [0, 0.05) is 13.5 Å². The second-order valence-corrected chi connectivity index (χ2v) is 7.37.